The number of carbonyl (C=O) groups excluding carboxylic acids is 1. The van der Waals surface area contributed by atoms with E-state index in [4.69, 9.17) is 14.2 Å². The van der Waals surface area contributed by atoms with E-state index in [0.29, 0.717) is 23.8 Å². The van der Waals surface area contributed by atoms with E-state index < -0.39 is 22.5 Å². The van der Waals surface area contributed by atoms with E-state index in [1.54, 1.807) is 31.2 Å². The molecule has 0 aliphatic rings. The fourth-order valence-electron chi connectivity index (χ4n) is 3.35. The molecule has 0 spiro atoms. The van der Waals surface area contributed by atoms with Crippen LogP contribution < -0.4 is 23.9 Å². The molecule has 1 N–H and O–H groups in total. The molecule has 0 unspecified atom stereocenters. The first kappa shape index (κ1) is 26.6. The lowest BCUT2D eigenvalue weighted by Crippen LogP contribution is -2.39. The molecule has 0 fully saturated rings. The number of hydrazone groups is 1. The van der Waals surface area contributed by atoms with Gasteiger partial charge >= 0.3 is 0 Å². The normalized spacial score (nSPS) is 11.5. The number of amides is 1. The molecule has 0 aliphatic carbocycles. The van der Waals surface area contributed by atoms with Gasteiger partial charge in [0.25, 0.3) is 15.9 Å². The van der Waals surface area contributed by atoms with Gasteiger partial charge in [-0.3, -0.25) is 9.10 Å². The number of carbonyl (C=O) groups is 1. The lowest BCUT2D eigenvalue weighted by molar-refractivity contribution is -0.119. The second kappa shape index (κ2) is 12.1. The minimum Gasteiger partial charge on any atom is -0.494 e. The summed E-state index contributed by atoms with van der Waals surface area (Å²) in [7, 11) is -1.30. The average Bonchev–Trinajstić information content (AvgIpc) is 2.91. The van der Waals surface area contributed by atoms with Gasteiger partial charge in [-0.05, 0) is 55.8 Å². The van der Waals surface area contributed by atoms with Gasteiger partial charge in [0.05, 0.1) is 37.1 Å². The van der Waals surface area contributed by atoms with Crippen molar-refractivity contribution < 1.29 is 27.4 Å². The highest BCUT2D eigenvalue weighted by molar-refractivity contribution is 7.92. The summed E-state index contributed by atoms with van der Waals surface area (Å²) in [6.45, 7) is 3.56. The molecule has 0 bridgehead atoms. The number of benzene rings is 3. The van der Waals surface area contributed by atoms with Crippen molar-refractivity contribution in [2.24, 2.45) is 5.10 Å². The summed E-state index contributed by atoms with van der Waals surface area (Å²) < 4.78 is 44.3. The topological polar surface area (TPSA) is 107 Å². The Hall–Kier alpha value is -4.05. The van der Waals surface area contributed by atoms with Crippen LogP contribution in [0.5, 0.6) is 17.2 Å². The highest BCUT2D eigenvalue weighted by atomic mass is 32.2. The van der Waals surface area contributed by atoms with Gasteiger partial charge in [0, 0.05) is 6.07 Å². The highest BCUT2D eigenvalue weighted by Crippen LogP contribution is 2.32. The summed E-state index contributed by atoms with van der Waals surface area (Å²) >= 11 is 0. The number of methoxy groups -OCH3 is 2. The summed E-state index contributed by atoms with van der Waals surface area (Å²) in [6.07, 6.45) is 0. The monoisotopic (exact) mass is 511 g/mol. The molecule has 3 aromatic rings. The maximum absolute atomic E-state index is 13.7. The van der Waals surface area contributed by atoms with Gasteiger partial charge in [-0.1, -0.05) is 30.3 Å². The number of rotatable bonds is 11. The van der Waals surface area contributed by atoms with Crippen molar-refractivity contribution in [3.05, 3.63) is 78.4 Å². The van der Waals surface area contributed by atoms with Crippen molar-refractivity contribution in [1.29, 1.82) is 0 Å². The Morgan fingerprint density at radius 1 is 0.944 bits per heavy atom. The van der Waals surface area contributed by atoms with E-state index in [0.717, 1.165) is 9.87 Å². The first-order chi connectivity index (χ1) is 17.3. The molecule has 9 nitrogen and oxygen atoms in total. The third-order valence-corrected chi connectivity index (χ3v) is 6.98. The van der Waals surface area contributed by atoms with Crippen LogP contribution in [-0.2, 0) is 14.8 Å². The van der Waals surface area contributed by atoms with E-state index in [1.165, 1.54) is 32.4 Å². The summed E-state index contributed by atoms with van der Waals surface area (Å²) in [5.41, 5.74) is 4.15. The summed E-state index contributed by atoms with van der Waals surface area (Å²) in [5, 5.41) is 4.12. The molecule has 0 saturated heterocycles. The molecule has 0 saturated carbocycles. The maximum atomic E-state index is 13.7. The Labute approximate surface area is 211 Å². The van der Waals surface area contributed by atoms with E-state index in [-0.39, 0.29) is 16.3 Å². The number of sulfonamides is 1. The van der Waals surface area contributed by atoms with Gasteiger partial charge < -0.3 is 14.2 Å². The third-order valence-electron chi connectivity index (χ3n) is 5.21. The molecule has 10 heteroatoms. The van der Waals surface area contributed by atoms with Crippen molar-refractivity contribution in [2.75, 3.05) is 31.7 Å². The van der Waals surface area contributed by atoms with Gasteiger partial charge in [-0.2, -0.15) is 5.10 Å². The summed E-state index contributed by atoms with van der Waals surface area (Å²) in [4.78, 5) is 12.8. The molecular weight excluding hydrogens is 482 g/mol. The summed E-state index contributed by atoms with van der Waals surface area (Å²) in [5.74, 6) is 0.603. The second-order valence-corrected chi connectivity index (χ2v) is 9.42. The Morgan fingerprint density at radius 3 is 2.22 bits per heavy atom. The van der Waals surface area contributed by atoms with E-state index in [9.17, 15) is 13.2 Å². The maximum Gasteiger partial charge on any atom is 0.264 e. The zero-order valence-electron chi connectivity index (χ0n) is 20.6. The van der Waals surface area contributed by atoms with Crippen molar-refractivity contribution in [2.45, 2.75) is 18.7 Å². The predicted molar refractivity (Wildman–Crippen MR) is 138 cm³/mol. The second-order valence-electron chi connectivity index (χ2n) is 7.55. The Morgan fingerprint density at radius 2 is 1.61 bits per heavy atom. The van der Waals surface area contributed by atoms with Crippen LogP contribution in [0.2, 0.25) is 0 Å². The molecule has 3 aromatic carbocycles. The Bertz CT molecular complexity index is 1310. The number of hydrogen-bond donors (Lipinski definition) is 1. The van der Waals surface area contributed by atoms with Crippen molar-refractivity contribution in [3.8, 4) is 17.2 Å². The van der Waals surface area contributed by atoms with Crippen LogP contribution in [0.4, 0.5) is 5.69 Å². The van der Waals surface area contributed by atoms with Crippen molar-refractivity contribution in [3.63, 3.8) is 0 Å². The quantitative estimate of drug-likeness (QED) is 0.310. The Kier molecular flexibility index (Phi) is 8.91. The molecule has 0 heterocycles. The van der Waals surface area contributed by atoms with Gasteiger partial charge in [0.2, 0.25) is 0 Å². The lowest BCUT2D eigenvalue weighted by atomic mass is 10.1. The van der Waals surface area contributed by atoms with Crippen LogP contribution in [-0.4, -0.2) is 47.4 Å². The average molecular weight is 512 g/mol. The SMILES string of the molecule is CCOc1ccc(N(CC(=O)N/N=C(/C)c2ccccc2)S(=O)(=O)c2ccc(OC)c(OC)c2)cc1. The van der Waals surface area contributed by atoms with Crippen LogP contribution in [0.1, 0.15) is 19.4 Å². The minimum absolute atomic E-state index is 0.0641. The number of nitrogens with zero attached hydrogens (tertiary/aromatic N) is 2. The number of ether oxygens (including phenoxy) is 3. The number of anilines is 1. The molecule has 0 atom stereocenters. The fraction of sp³-hybridized carbons (Fsp3) is 0.231. The highest BCUT2D eigenvalue weighted by Gasteiger charge is 2.28. The van der Waals surface area contributed by atoms with Gasteiger partial charge in [-0.15, -0.1) is 0 Å². The number of hydrogen-bond acceptors (Lipinski definition) is 7. The fourth-order valence-corrected chi connectivity index (χ4v) is 4.79. The standard InChI is InChI=1S/C26H29N3O6S/c1-5-35-22-13-11-21(12-14-22)29(18-26(30)28-27-19(2)20-9-7-6-8-10-20)36(31,32)23-15-16-24(33-3)25(17-23)34-4/h6-17H,5,18H2,1-4H3,(H,28,30)/b27-19-. The minimum atomic E-state index is -4.17. The zero-order valence-corrected chi connectivity index (χ0v) is 21.4. The first-order valence-corrected chi connectivity index (χ1v) is 12.6. The molecular formula is C26H29N3O6S. The molecule has 3 rings (SSSR count). The van der Waals surface area contributed by atoms with Crippen LogP contribution in [0.3, 0.4) is 0 Å². The van der Waals surface area contributed by atoms with E-state index >= 15 is 0 Å². The van der Waals surface area contributed by atoms with Crippen LogP contribution in [0, 0.1) is 0 Å². The largest absolute Gasteiger partial charge is 0.494 e. The third kappa shape index (κ3) is 6.33. The van der Waals surface area contributed by atoms with Crippen molar-refractivity contribution >= 4 is 27.3 Å². The van der Waals surface area contributed by atoms with Crippen LogP contribution in [0.25, 0.3) is 0 Å². The first-order valence-electron chi connectivity index (χ1n) is 11.2. The predicted octanol–water partition coefficient (Wildman–Crippen LogP) is 3.84. The van der Waals surface area contributed by atoms with Crippen LogP contribution >= 0.6 is 0 Å². The molecule has 190 valence electrons. The summed E-state index contributed by atoms with van der Waals surface area (Å²) in [6, 6.07) is 20.0. The molecule has 0 aliphatic heterocycles. The lowest BCUT2D eigenvalue weighted by Gasteiger charge is -2.24. The Balaban J connectivity index is 1.94. The van der Waals surface area contributed by atoms with Crippen LogP contribution in [0.15, 0.2) is 82.8 Å². The zero-order chi connectivity index (χ0) is 26.1. The molecule has 1 amide bonds. The van der Waals surface area contributed by atoms with E-state index in [1.807, 2.05) is 37.3 Å². The smallest absolute Gasteiger partial charge is 0.264 e. The van der Waals surface area contributed by atoms with E-state index in [2.05, 4.69) is 10.5 Å². The van der Waals surface area contributed by atoms with Crippen molar-refractivity contribution in [1.82, 2.24) is 5.43 Å². The molecule has 36 heavy (non-hydrogen) atoms. The number of nitrogens with one attached hydrogen (secondary N) is 1. The van der Waals surface area contributed by atoms with Gasteiger partial charge in [-0.25, -0.2) is 13.8 Å². The molecule has 0 radical (unpaired) electrons. The van der Waals surface area contributed by atoms with Gasteiger partial charge in [0.1, 0.15) is 12.3 Å². The molecule has 0 aromatic heterocycles. The van der Waals surface area contributed by atoms with Gasteiger partial charge in [0.15, 0.2) is 11.5 Å².